The maximum atomic E-state index is 12.7. The van der Waals surface area contributed by atoms with Gasteiger partial charge in [-0.05, 0) is 53.5 Å². The van der Waals surface area contributed by atoms with Crippen LogP contribution >= 0.6 is 11.6 Å². The van der Waals surface area contributed by atoms with Gasteiger partial charge < -0.3 is 29.6 Å². The molecule has 0 amide bonds. The van der Waals surface area contributed by atoms with Crippen LogP contribution in [0.3, 0.4) is 0 Å². The van der Waals surface area contributed by atoms with Crippen molar-refractivity contribution in [3.05, 3.63) is 113 Å². The molecule has 0 aromatic heterocycles. The van der Waals surface area contributed by atoms with Crippen molar-refractivity contribution in [3.63, 3.8) is 0 Å². The molecule has 1 heterocycles. The molecule has 8 nitrogen and oxygen atoms in total. The van der Waals surface area contributed by atoms with E-state index < -0.39 is 6.04 Å². The molecule has 0 saturated carbocycles. The van der Waals surface area contributed by atoms with Gasteiger partial charge in [-0.2, -0.15) is 0 Å². The van der Waals surface area contributed by atoms with E-state index in [1.54, 1.807) is 26.4 Å². The Morgan fingerprint density at radius 1 is 0.911 bits per heavy atom. The van der Waals surface area contributed by atoms with Crippen molar-refractivity contribution in [2.24, 2.45) is 5.73 Å². The standard InChI is InChI=1S/C36H44ClN3O5/c1-42-24-25-44-27-45-34-17-12-28(26-35(34)43-2)8-6-7-11-33(41)32(38)18-19-39-20-22-40(23-21-39)36(29-9-4-3-5-10-29)30-13-15-31(37)16-14-30/h3-17,26,32,36H,18-25,27,38H2,1-2H3. The molecule has 0 spiro atoms. The number of hydrogen-bond donors (Lipinski definition) is 1. The van der Waals surface area contributed by atoms with Crippen molar-refractivity contribution in [2.75, 3.05) is 67.0 Å². The van der Waals surface area contributed by atoms with Crippen LogP contribution < -0.4 is 15.2 Å². The molecule has 0 aliphatic carbocycles. The zero-order chi connectivity index (χ0) is 31.9. The first-order valence-corrected chi connectivity index (χ1v) is 15.6. The SMILES string of the molecule is COCCOCOc1ccc(C=CC=CC(=O)C(N)CCN2CCN(C(c3ccccc3)c3ccc(Cl)cc3)CC2)cc1OC. The number of carbonyl (C=O) groups is 1. The number of rotatable bonds is 17. The normalized spacial score (nSPS) is 15.8. The molecular weight excluding hydrogens is 590 g/mol. The predicted octanol–water partition coefficient (Wildman–Crippen LogP) is 5.61. The molecule has 1 aliphatic heterocycles. The number of halogens is 1. The van der Waals surface area contributed by atoms with Crippen LogP contribution in [0.1, 0.15) is 29.2 Å². The molecule has 4 rings (SSSR count). The van der Waals surface area contributed by atoms with Crippen LogP contribution in [0.2, 0.25) is 5.02 Å². The lowest BCUT2D eigenvalue weighted by Gasteiger charge is -2.40. The van der Waals surface area contributed by atoms with Crippen LogP contribution in [0.5, 0.6) is 11.5 Å². The molecule has 1 aliphatic rings. The summed E-state index contributed by atoms with van der Waals surface area (Å²) in [6.07, 6.45) is 7.59. The third-order valence-corrected chi connectivity index (χ3v) is 8.02. The van der Waals surface area contributed by atoms with Crippen molar-refractivity contribution in [1.82, 2.24) is 9.80 Å². The Balaban J connectivity index is 1.22. The van der Waals surface area contributed by atoms with Gasteiger partial charge in [-0.15, -0.1) is 0 Å². The molecule has 3 aromatic rings. The zero-order valence-electron chi connectivity index (χ0n) is 26.1. The minimum Gasteiger partial charge on any atom is -0.493 e. The van der Waals surface area contributed by atoms with Gasteiger partial charge in [-0.1, -0.05) is 78.4 Å². The second-order valence-corrected chi connectivity index (χ2v) is 11.3. The summed E-state index contributed by atoms with van der Waals surface area (Å²) in [4.78, 5) is 17.6. The molecule has 0 radical (unpaired) electrons. The molecule has 2 atom stereocenters. The third kappa shape index (κ3) is 10.8. The zero-order valence-corrected chi connectivity index (χ0v) is 26.9. The van der Waals surface area contributed by atoms with Gasteiger partial charge in [0.05, 0.1) is 32.4 Å². The van der Waals surface area contributed by atoms with E-state index in [4.69, 9.17) is 36.3 Å². The van der Waals surface area contributed by atoms with Gasteiger partial charge in [0.1, 0.15) is 0 Å². The molecule has 2 N–H and O–H groups in total. The van der Waals surface area contributed by atoms with Crippen molar-refractivity contribution in [3.8, 4) is 11.5 Å². The summed E-state index contributed by atoms with van der Waals surface area (Å²) in [5.41, 5.74) is 9.68. The Morgan fingerprint density at radius 3 is 2.36 bits per heavy atom. The van der Waals surface area contributed by atoms with Crippen LogP contribution in [0.15, 0.2) is 91.0 Å². The average molecular weight is 634 g/mol. The van der Waals surface area contributed by atoms with Crippen molar-refractivity contribution in [1.29, 1.82) is 0 Å². The molecule has 0 bridgehead atoms. The van der Waals surface area contributed by atoms with Gasteiger partial charge in [0.15, 0.2) is 24.1 Å². The van der Waals surface area contributed by atoms with Crippen molar-refractivity contribution in [2.45, 2.75) is 18.5 Å². The Bertz CT molecular complexity index is 1380. The maximum absolute atomic E-state index is 12.7. The van der Waals surface area contributed by atoms with Gasteiger partial charge in [-0.3, -0.25) is 9.69 Å². The van der Waals surface area contributed by atoms with Gasteiger partial charge >= 0.3 is 0 Å². The summed E-state index contributed by atoms with van der Waals surface area (Å²) in [5, 5.41) is 0.741. The van der Waals surface area contributed by atoms with E-state index in [1.165, 1.54) is 11.1 Å². The number of ketones is 1. The van der Waals surface area contributed by atoms with E-state index in [2.05, 4.69) is 46.2 Å². The molecule has 1 fully saturated rings. The number of nitrogens with two attached hydrogens (primary N) is 1. The summed E-state index contributed by atoms with van der Waals surface area (Å²) < 4.78 is 21.4. The van der Waals surface area contributed by atoms with Crippen molar-refractivity contribution >= 4 is 23.5 Å². The molecule has 3 aromatic carbocycles. The van der Waals surface area contributed by atoms with Gasteiger partial charge in [-0.25, -0.2) is 0 Å². The molecular formula is C36H44ClN3O5. The first-order chi connectivity index (χ1) is 22.0. The van der Waals surface area contributed by atoms with Crippen LogP contribution in [0, 0.1) is 0 Å². The Morgan fingerprint density at radius 2 is 1.64 bits per heavy atom. The lowest BCUT2D eigenvalue weighted by atomic mass is 9.96. The fraction of sp³-hybridized carbons (Fsp3) is 0.361. The molecule has 240 valence electrons. The van der Waals surface area contributed by atoms with Gasteiger partial charge in [0.25, 0.3) is 0 Å². The number of allylic oxidation sites excluding steroid dienone is 2. The second kappa shape index (κ2) is 18.5. The Kier molecular flexibility index (Phi) is 14.1. The summed E-state index contributed by atoms with van der Waals surface area (Å²) in [6.45, 7) is 5.54. The monoisotopic (exact) mass is 633 g/mol. The predicted molar refractivity (Wildman–Crippen MR) is 180 cm³/mol. The maximum Gasteiger partial charge on any atom is 0.189 e. The van der Waals surface area contributed by atoms with E-state index in [-0.39, 0.29) is 18.6 Å². The van der Waals surface area contributed by atoms with E-state index >= 15 is 0 Å². The minimum atomic E-state index is -0.540. The topological polar surface area (TPSA) is 86.5 Å². The lowest BCUT2D eigenvalue weighted by Crippen LogP contribution is -2.49. The highest BCUT2D eigenvalue weighted by Crippen LogP contribution is 2.31. The highest BCUT2D eigenvalue weighted by molar-refractivity contribution is 6.30. The highest BCUT2D eigenvalue weighted by Gasteiger charge is 2.26. The number of piperazine rings is 1. The van der Waals surface area contributed by atoms with Crippen LogP contribution in [-0.2, 0) is 14.3 Å². The molecule has 1 saturated heterocycles. The minimum absolute atomic E-state index is 0.0834. The van der Waals surface area contributed by atoms with E-state index in [0.717, 1.165) is 43.3 Å². The number of nitrogens with zero attached hydrogens (tertiary/aromatic N) is 2. The number of benzene rings is 3. The van der Waals surface area contributed by atoms with Crippen LogP contribution in [0.4, 0.5) is 0 Å². The Labute approximate surface area is 272 Å². The summed E-state index contributed by atoms with van der Waals surface area (Å²) in [5.74, 6) is 1.10. The number of methoxy groups -OCH3 is 2. The number of ether oxygens (including phenoxy) is 4. The van der Waals surface area contributed by atoms with E-state index in [0.29, 0.717) is 31.1 Å². The lowest BCUT2D eigenvalue weighted by molar-refractivity contribution is -0.116. The first kappa shape index (κ1) is 34.4. The van der Waals surface area contributed by atoms with Crippen LogP contribution in [0.25, 0.3) is 6.08 Å². The van der Waals surface area contributed by atoms with Gasteiger partial charge in [0.2, 0.25) is 0 Å². The fourth-order valence-corrected chi connectivity index (χ4v) is 5.38. The Hall–Kier alpha value is -3.50. The summed E-state index contributed by atoms with van der Waals surface area (Å²) >= 11 is 6.17. The van der Waals surface area contributed by atoms with Crippen molar-refractivity contribution < 1.29 is 23.7 Å². The van der Waals surface area contributed by atoms with Gasteiger partial charge in [0, 0.05) is 44.9 Å². The largest absolute Gasteiger partial charge is 0.493 e. The number of carbonyl (C=O) groups excluding carboxylic acids is 1. The quantitative estimate of drug-likeness (QED) is 0.0889. The molecule has 9 heteroatoms. The average Bonchev–Trinajstić information content (AvgIpc) is 3.07. The third-order valence-electron chi connectivity index (χ3n) is 7.77. The van der Waals surface area contributed by atoms with E-state index in [1.807, 2.05) is 48.6 Å². The fourth-order valence-electron chi connectivity index (χ4n) is 5.26. The summed E-state index contributed by atoms with van der Waals surface area (Å²) in [7, 11) is 3.21. The number of hydrogen-bond acceptors (Lipinski definition) is 8. The first-order valence-electron chi connectivity index (χ1n) is 15.3. The smallest absolute Gasteiger partial charge is 0.189 e. The molecule has 45 heavy (non-hydrogen) atoms. The van der Waals surface area contributed by atoms with E-state index in [9.17, 15) is 4.79 Å². The molecule has 2 unspecified atom stereocenters. The second-order valence-electron chi connectivity index (χ2n) is 10.8. The summed E-state index contributed by atoms with van der Waals surface area (Å²) in [6, 6.07) is 24.0. The highest BCUT2D eigenvalue weighted by atomic mass is 35.5. The van der Waals surface area contributed by atoms with Crippen LogP contribution in [-0.4, -0.2) is 88.6 Å².